The molecule has 0 aromatic carbocycles. The molecule has 1 aliphatic rings. The highest BCUT2D eigenvalue weighted by molar-refractivity contribution is 5.02. The number of hydrogen-bond donors (Lipinski definition) is 0. The lowest BCUT2D eigenvalue weighted by Gasteiger charge is -1.91. The highest BCUT2D eigenvalue weighted by atomic mass is 13.9. The third-order valence-electron chi connectivity index (χ3n) is 1.62. The first kappa shape index (κ1) is 6.60. The van der Waals surface area contributed by atoms with Crippen molar-refractivity contribution in [2.24, 2.45) is 0 Å². The predicted molar refractivity (Wildman–Crippen MR) is 41.4 cm³/mol. The normalized spacial score (nSPS) is 27.6. The summed E-state index contributed by atoms with van der Waals surface area (Å²) in [6, 6.07) is 0. The van der Waals surface area contributed by atoms with Crippen molar-refractivity contribution in [3.63, 3.8) is 0 Å². The van der Waals surface area contributed by atoms with Crippen LogP contribution in [-0.4, -0.2) is 0 Å². The monoisotopic (exact) mass is 122 g/mol. The molecule has 0 nitrogen and oxygen atoms in total. The van der Waals surface area contributed by atoms with Gasteiger partial charge in [-0.2, -0.15) is 0 Å². The Bertz CT molecular complexity index is 95.2. The van der Waals surface area contributed by atoms with E-state index in [2.05, 4.69) is 24.3 Å². The van der Waals surface area contributed by atoms with Crippen LogP contribution in [-0.2, 0) is 0 Å². The van der Waals surface area contributed by atoms with Crippen LogP contribution in [0.3, 0.4) is 0 Å². The molecule has 0 aromatic heterocycles. The summed E-state index contributed by atoms with van der Waals surface area (Å²) in [4.78, 5) is 0. The molecule has 0 N–H and O–H groups in total. The molecule has 1 aliphatic carbocycles. The molecule has 0 unspecified atom stereocenters. The Morgan fingerprint density at radius 2 is 1.22 bits per heavy atom. The van der Waals surface area contributed by atoms with Crippen molar-refractivity contribution >= 4 is 0 Å². The highest BCUT2D eigenvalue weighted by Gasteiger charge is 1.86. The van der Waals surface area contributed by atoms with E-state index in [9.17, 15) is 0 Å². The van der Waals surface area contributed by atoms with Gasteiger partial charge in [-0.05, 0) is 25.7 Å². The molecule has 1 rings (SSSR count). The quantitative estimate of drug-likeness (QED) is 0.463. The Morgan fingerprint density at radius 1 is 0.667 bits per heavy atom. The van der Waals surface area contributed by atoms with Crippen molar-refractivity contribution in [2.45, 2.75) is 32.1 Å². The van der Waals surface area contributed by atoms with Crippen LogP contribution in [0.2, 0.25) is 0 Å². The second-order valence-electron chi connectivity index (χ2n) is 2.49. The van der Waals surface area contributed by atoms with Gasteiger partial charge in [0.05, 0.1) is 0 Å². The second-order valence-corrected chi connectivity index (χ2v) is 2.49. The summed E-state index contributed by atoms with van der Waals surface area (Å²) in [5.74, 6) is 0. The number of rotatable bonds is 0. The van der Waals surface area contributed by atoms with Crippen LogP contribution in [0.4, 0.5) is 0 Å². The van der Waals surface area contributed by atoms with Crippen molar-refractivity contribution in [2.75, 3.05) is 0 Å². The van der Waals surface area contributed by atoms with Crippen LogP contribution in [0, 0.1) is 0 Å². The molecule has 0 heterocycles. The predicted octanol–water partition coefficient (Wildman–Crippen LogP) is 3.06. The van der Waals surface area contributed by atoms with Crippen molar-refractivity contribution in [1.82, 2.24) is 0 Å². The van der Waals surface area contributed by atoms with Gasteiger partial charge in [0.25, 0.3) is 0 Å². The molecule has 0 aromatic rings. The fourth-order valence-corrected chi connectivity index (χ4v) is 1.05. The molecule has 0 heteroatoms. The van der Waals surface area contributed by atoms with Crippen molar-refractivity contribution < 1.29 is 0 Å². The molecule has 0 spiro atoms. The molecular formula is C9H14. The van der Waals surface area contributed by atoms with Gasteiger partial charge in [-0.15, -0.1) is 0 Å². The van der Waals surface area contributed by atoms with Gasteiger partial charge in [0.2, 0.25) is 0 Å². The molecule has 0 saturated carbocycles. The van der Waals surface area contributed by atoms with Gasteiger partial charge in [0.15, 0.2) is 0 Å². The van der Waals surface area contributed by atoms with E-state index < -0.39 is 0 Å². The lowest BCUT2D eigenvalue weighted by molar-refractivity contribution is 0.698. The van der Waals surface area contributed by atoms with Gasteiger partial charge in [0.1, 0.15) is 0 Å². The Hall–Kier alpha value is -0.520. The lowest BCUT2D eigenvalue weighted by atomic mass is 10.1. The number of allylic oxidation sites excluding steroid dienone is 4. The summed E-state index contributed by atoms with van der Waals surface area (Å²) in [6.07, 6.45) is 15.5. The Morgan fingerprint density at radius 3 is 1.78 bits per heavy atom. The van der Waals surface area contributed by atoms with E-state index >= 15 is 0 Å². The molecule has 0 bridgehead atoms. The van der Waals surface area contributed by atoms with E-state index in [0.717, 1.165) is 0 Å². The summed E-state index contributed by atoms with van der Waals surface area (Å²) in [5, 5.41) is 0. The smallest absolute Gasteiger partial charge is 0.0348 e. The maximum Gasteiger partial charge on any atom is -0.0348 e. The van der Waals surface area contributed by atoms with Crippen LogP contribution in [0.15, 0.2) is 24.3 Å². The van der Waals surface area contributed by atoms with E-state index in [-0.39, 0.29) is 0 Å². The molecule has 0 atom stereocenters. The summed E-state index contributed by atoms with van der Waals surface area (Å²) in [7, 11) is 0. The lowest BCUT2D eigenvalue weighted by Crippen LogP contribution is -1.72. The Labute approximate surface area is 57.3 Å². The fourth-order valence-electron chi connectivity index (χ4n) is 1.05. The van der Waals surface area contributed by atoms with Gasteiger partial charge >= 0.3 is 0 Å². The van der Waals surface area contributed by atoms with Gasteiger partial charge < -0.3 is 0 Å². The fraction of sp³-hybridized carbons (Fsp3) is 0.556. The third-order valence-corrected chi connectivity index (χ3v) is 1.62. The maximum absolute atomic E-state index is 2.25. The Kier molecular flexibility index (Phi) is 3.20. The Balaban J connectivity index is 2.28. The van der Waals surface area contributed by atoms with E-state index in [1.165, 1.54) is 32.1 Å². The minimum Gasteiger partial charge on any atom is -0.0845 e. The SMILES string of the molecule is C1=C\CCCCC/C=C/1. The average Bonchev–Trinajstić information content (AvgIpc) is 2.00. The van der Waals surface area contributed by atoms with Crippen LogP contribution < -0.4 is 0 Å². The third kappa shape index (κ3) is 3.12. The molecule has 50 valence electrons. The van der Waals surface area contributed by atoms with Crippen molar-refractivity contribution in [3.8, 4) is 0 Å². The minimum atomic E-state index is 1.27. The zero-order valence-corrected chi connectivity index (χ0v) is 5.84. The molecule has 0 radical (unpaired) electrons. The van der Waals surface area contributed by atoms with Gasteiger partial charge in [-0.1, -0.05) is 30.7 Å². The first-order valence-corrected chi connectivity index (χ1v) is 3.82. The first-order chi connectivity index (χ1) is 4.50. The summed E-state index contributed by atoms with van der Waals surface area (Å²) < 4.78 is 0. The van der Waals surface area contributed by atoms with Gasteiger partial charge in [0, 0.05) is 0 Å². The van der Waals surface area contributed by atoms with Crippen LogP contribution >= 0.6 is 0 Å². The van der Waals surface area contributed by atoms with Gasteiger partial charge in [-0.25, -0.2) is 0 Å². The van der Waals surface area contributed by atoms with E-state index in [0.29, 0.717) is 0 Å². The molecule has 9 heavy (non-hydrogen) atoms. The van der Waals surface area contributed by atoms with Crippen LogP contribution in [0.5, 0.6) is 0 Å². The standard InChI is InChI=1S/C9H14/c1-2-4-6-8-9-7-5-3-1/h1-4H,5-9H2/b3-1-,4-2+. The van der Waals surface area contributed by atoms with Crippen LogP contribution in [0.1, 0.15) is 32.1 Å². The first-order valence-electron chi connectivity index (χ1n) is 3.82. The molecule has 0 fully saturated rings. The second kappa shape index (κ2) is 4.37. The zero-order chi connectivity index (χ0) is 6.36. The summed E-state index contributed by atoms with van der Waals surface area (Å²) in [6.45, 7) is 0. The minimum absolute atomic E-state index is 1.27. The topological polar surface area (TPSA) is 0 Å². The molecule has 0 saturated heterocycles. The van der Waals surface area contributed by atoms with Gasteiger partial charge in [-0.3, -0.25) is 0 Å². The van der Waals surface area contributed by atoms with E-state index in [1.807, 2.05) is 0 Å². The zero-order valence-electron chi connectivity index (χ0n) is 5.84. The van der Waals surface area contributed by atoms with Crippen molar-refractivity contribution in [1.29, 1.82) is 0 Å². The summed E-state index contributed by atoms with van der Waals surface area (Å²) >= 11 is 0. The number of hydrogen-bond acceptors (Lipinski definition) is 0. The largest absolute Gasteiger partial charge is 0.0845 e. The molecule has 0 amide bonds. The molecular weight excluding hydrogens is 108 g/mol. The summed E-state index contributed by atoms with van der Waals surface area (Å²) in [5.41, 5.74) is 0. The maximum atomic E-state index is 2.25. The van der Waals surface area contributed by atoms with Crippen molar-refractivity contribution in [3.05, 3.63) is 24.3 Å². The average molecular weight is 122 g/mol. The van der Waals surface area contributed by atoms with E-state index in [4.69, 9.17) is 0 Å². The van der Waals surface area contributed by atoms with E-state index in [1.54, 1.807) is 0 Å². The molecule has 0 aliphatic heterocycles. The highest BCUT2D eigenvalue weighted by Crippen LogP contribution is 2.06. The van der Waals surface area contributed by atoms with Crippen LogP contribution in [0.25, 0.3) is 0 Å².